The topological polar surface area (TPSA) is 0 Å². The first kappa shape index (κ1) is 19.5. The summed E-state index contributed by atoms with van der Waals surface area (Å²) in [6.45, 7) is 5.00. The van der Waals surface area contributed by atoms with Crippen LogP contribution in [0.1, 0.15) is 38.9 Å². The first-order valence-corrected chi connectivity index (χ1v) is 14.5. The molecule has 0 saturated carbocycles. The molecule has 0 heterocycles. The van der Waals surface area contributed by atoms with E-state index < -0.39 is 8.07 Å². The zero-order valence-electron chi connectivity index (χ0n) is 18.3. The fourth-order valence-electron chi connectivity index (χ4n) is 6.18. The van der Waals surface area contributed by atoms with Crippen LogP contribution in [-0.2, 0) is 0 Å². The number of halogens is 1. The molecule has 4 aromatic carbocycles. The Morgan fingerprint density at radius 1 is 0.562 bits per heavy atom. The van der Waals surface area contributed by atoms with E-state index in [1.54, 1.807) is 12.1 Å². The molecule has 2 aliphatic rings. The van der Waals surface area contributed by atoms with E-state index in [1.807, 2.05) is 12.1 Å². The normalized spacial score (nSPS) is 17.0. The van der Waals surface area contributed by atoms with Gasteiger partial charge in [-0.3, -0.25) is 0 Å². The molecule has 0 aliphatic heterocycles. The molecule has 0 radical (unpaired) electrons. The second-order valence-electron chi connectivity index (χ2n) is 9.57. The van der Waals surface area contributed by atoms with Crippen molar-refractivity contribution in [3.8, 4) is 11.1 Å². The fraction of sp³-hybridized carbons (Fsp3) is 0.133. The molecule has 0 spiro atoms. The molecule has 2 heteroatoms. The lowest BCUT2D eigenvalue weighted by Crippen LogP contribution is -2.42. The van der Waals surface area contributed by atoms with E-state index in [0.717, 1.165) is 11.1 Å². The molecule has 1 atom stereocenters. The third-order valence-electron chi connectivity index (χ3n) is 7.44. The van der Waals surface area contributed by atoms with Crippen molar-refractivity contribution in [2.24, 2.45) is 0 Å². The fourth-order valence-corrected chi connectivity index (χ4v) is 10.7. The maximum absolute atomic E-state index is 15.1. The van der Waals surface area contributed by atoms with Crippen LogP contribution in [0.5, 0.6) is 0 Å². The second kappa shape index (κ2) is 7.14. The van der Waals surface area contributed by atoms with Gasteiger partial charge in [-0.05, 0) is 45.0 Å². The van der Waals surface area contributed by atoms with Crippen LogP contribution in [0.3, 0.4) is 0 Å². The molecule has 0 aromatic heterocycles. The van der Waals surface area contributed by atoms with E-state index in [2.05, 4.69) is 92.0 Å². The van der Waals surface area contributed by atoms with Crippen LogP contribution in [-0.4, -0.2) is 8.07 Å². The van der Waals surface area contributed by atoms with Gasteiger partial charge in [0.15, 0.2) is 0 Å². The summed E-state index contributed by atoms with van der Waals surface area (Å²) in [7, 11) is -2.09. The number of hydrogen-bond acceptors (Lipinski definition) is 0. The van der Waals surface area contributed by atoms with Crippen LogP contribution in [0.25, 0.3) is 22.8 Å². The highest BCUT2D eigenvalue weighted by Gasteiger charge is 2.49. The summed E-state index contributed by atoms with van der Waals surface area (Å²) in [5.74, 6) is -0.131. The van der Waals surface area contributed by atoms with Crippen molar-refractivity contribution in [2.75, 3.05) is 0 Å². The molecule has 0 saturated heterocycles. The molecule has 6 rings (SSSR count). The average molecular weight is 433 g/mol. The maximum atomic E-state index is 15.1. The van der Waals surface area contributed by atoms with Gasteiger partial charge in [-0.1, -0.05) is 110 Å². The molecule has 0 nitrogen and oxygen atoms in total. The number of allylic oxidation sites excluding steroid dienone is 1. The average Bonchev–Trinajstić information content (AvgIpc) is 3.36. The van der Waals surface area contributed by atoms with Crippen LogP contribution in [0.2, 0.25) is 13.1 Å². The Labute approximate surface area is 190 Å². The number of hydrogen-bond donors (Lipinski definition) is 0. The highest BCUT2D eigenvalue weighted by molar-refractivity contribution is 6.83. The number of rotatable bonds is 3. The zero-order chi connectivity index (χ0) is 21.9. The summed E-state index contributed by atoms with van der Waals surface area (Å²) < 4.78 is 15.1. The van der Waals surface area contributed by atoms with Gasteiger partial charge in [0, 0.05) is 16.6 Å². The molecule has 1 unspecified atom stereocenters. The summed E-state index contributed by atoms with van der Waals surface area (Å²) in [5, 5.41) is 0. The van der Waals surface area contributed by atoms with Crippen LogP contribution >= 0.6 is 0 Å². The van der Waals surface area contributed by atoms with Gasteiger partial charge in [0.2, 0.25) is 0 Å². The van der Waals surface area contributed by atoms with Gasteiger partial charge in [-0.2, -0.15) is 0 Å². The zero-order valence-corrected chi connectivity index (χ0v) is 19.3. The summed E-state index contributed by atoms with van der Waals surface area (Å²) in [5.41, 5.74) is 10.6. The Morgan fingerprint density at radius 2 is 1.06 bits per heavy atom. The molecule has 156 valence electrons. The van der Waals surface area contributed by atoms with Crippen LogP contribution in [0.15, 0.2) is 97.1 Å². The van der Waals surface area contributed by atoms with Gasteiger partial charge in [0.1, 0.15) is 5.82 Å². The lowest BCUT2D eigenvalue weighted by atomic mass is 10.0. The van der Waals surface area contributed by atoms with Gasteiger partial charge in [-0.15, -0.1) is 0 Å². The lowest BCUT2D eigenvalue weighted by Gasteiger charge is -2.39. The van der Waals surface area contributed by atoms with E-state index in [0.29, 0.717) is 5.54 Å². The summed E-state index contributed by atoms with van der Waals surface area (Å²) in [6.07, 6.45) is 2.24. The molecule has 0 fully saturated rings. The monoisotopic (exact) mass is 432 g/mol. The molecule has 0 N–H and O–H groups in total. The third-order valence-corrected chi connectivity index (χ3v) is 11.7. The lowest BCUT2D eigenvalue weighted by molar-refractivity contribution is 0.623. The first-order valence-electron chi connectivity index (χ1n) is 11.3. The summed E-state index contributed by atoms with van der Waals surface area (Å²) in [4.78, 5) is 0. The first-order chi connectivity index (χ1) is 15.6. The predicted molar refractivity (Wildman–Crippen MR) is 135 cm³/mol. The Hall–Kier alpha value is -3.23. The van der Waals surface area contributed by atoms with Crippen molar-refractivity contribution in [1.29, 1.82) is 0 Å². The van der Waals surface area contributed by atoms with Crippen LogP contribution in [0, 0.1) is 5.82 Å². The molecular weight excluding hydrogens is 407 g/mol. The maximum Gasteiger partial charge on any atom is 0.130 e. The van der Waals surface area contributed by atoms with E-state index in [4.69, 9.17) is 0 Å². The summed E-state index contributed by atoms with van der Waals surface area (Å²) >= 11 is 0. The van der Waals surface area contributed by atoms with E-state index in [1.165, 1.54) is 33.4 Å². The van der Waals surface area contributed by atoms with Crippen molar-refractivity contribution in [3.63, 3.8) is 0 Å². The van der Waals surface area contributed by atoms with Crippen LogP contribution < -0.4 is 0 Å². The second-order valence-corrected chi connectivity index (χ2v) is 14.4. The Kier molecular flexibility index (Phi) is 4.34. The van der Waals surface area contributed by atoms with Gasteiger partial charge in [0.25, 0.3) is 0 Å². The van der Waals surface area contributed by atoms with E-state index >= 15 is 4.39 Å². The smallest absolute Gasteiger partial charge is 0.130 e. The van der Waals surface area contributed by atoms with Crippen molar-refractivity contribution in [2.45, 2.75) is 24.2 Å². The molecule has 0 amide bonds. The molecule has 0 bridgehead atoms. The minimum atomic E-state index is -2.09. The predicted octanol–water partition coefficient (Wildman–Crippen LogP) is 8.06. The molecule has 4 aromatic rings. The molecule has 32 heavy (non-hydrogen) atoms. The Bertz CT molecular complexity index is 1340. The van der Waals surface area contributed by atoms with Gasteiger partial charge >= 0.3 is 0 Å². The van der Waals surface area contributed by atoms with Gasteiger partial charge in [-0.25, -0.2) is 4.39 Å². The van der Waals surface area contributed by atoms with E-state index in [9.17, 15) is 0 Å². The SMILES string of the molecule is C[Si](C)(C1C(c2ccccc2F)=Cc2ccccc21)C1c2ccccc2-c2ccccc21. The van der Waals surface area contributed by atoms with Gasteiger partial charge < -0.3 is 0 Å². The third kappa shape index (κ3) is 2.72. The number of fused-ring (bicyclic) bond motifs is 4. The standard InChI is InChI=1S/C30H25FSi/c1-32(2,30-25-16-7-5-13-22(25)23-14-6-8-17-26(23)30)29-21-12-4-3-11-20(21)19-27(29)24-15-9-10-18-28(24)31/h3-19,29-30H,1-2H3. The molecule has 2 aliphatic carbocycles. The highest BCUT2D eigenvalue weighted by atomic mass is 28.3. The van der Waals surface area contributed by atoms with Crippen molar-refractivity contribution >= 4 is 19.7 Å². The van der Waals surface area contributed by atoms with E-state index in [-0.39, 0.29) is 11.4 Å². The molecular formula is C30H25FSi. The minimum Gasteiger partial charge on any atom is -0.206 e. The minimum absolute atomic E-state index is 0.131. The van der Waals surface area contributed by atoms with Crippen LogP contribution in [0.4, 0.5) is 4.39 Å². The highest BCUT2D eigenvalue weighted by Crippen LogP contribution is 2.56. The Balaban J connectivity index is 1.58. The van der Waals surface area contributed by atoms with Gasteiger partial charge in [0.05, 0.1) is 8.07 Å². The number of benzene rings is 4. The van der Waals surface area contributed by atoms with Crippen molar-refractivity contribution in [3.05, 3.63) is 131 Å². The van der Waals surface area contributed by atoms with Crippen molar-refractivity contribution < 1.29 is 4.39 Å². The quantitative estimate of drug-likeness (QED) is 0.287. The van der Waals surface area contributed by atoms with Crippen molar-refractivity contribution in [1.82, 2.24) is 0 Å². The largest absolute Gasteiger partial charge is 0.206 e. The summed E-state index contributed by atoms with van der Waals surface area (Å²) in [6, 6.07) is 33.7. The Morgan fingerprint density at radius 3 is 1.69 bits per heavy atom.